The molecule has 1 aliphatic heterocycles. The second kappa shape index (κ2) is 8.68. The molecule has 8 heteroatoms. The second-order valence-corrected chi connectivity index (χ2v) is 8.46. The molecule has 1 amide bonds. The van der Waals surface area contributed by atoms with Crippen LogP contribution < -0.4 is 10.5 Å². The molecule has 34 heavy (non-hydrogen) atoms. The van der Waals surface area contributed by atoms with Crippen LogP contribution in [0.2, 0.25) is 5.02 Å². The average Bonchev–Trinajstić information content (AvgIpc) is 3.60. The van der Waals surface area contributed by atoms with Gasteiger partial charge in [0.2, 0.25) is 0 Å². The van der Waals surface area contributed by atoms with Gasteiger partial charge in [-0.2, -0.15) is 5.10 Å². The zero-order valence-corrected chi connectivity index (χ0v) is 19.0. The topological polar surface area (TPSA) is 103 Å². The highest BCUT2D eigenvalue weighted by Gasteiger charge is 2.22. The summed E-state index contributed by atoms with van der Waals surface area (Å²) in [4.78, 5) is 15.9. The molecule has 0 aliphatic carbocycles. The van der Waals surface area contributed by atoms with Gasteiger partial charge in [-0.25, -0.2) is 0 Å². The molecular formula is C26H21ClN4O3. The SMILES string of the molecule is Cn1nc(-c2ccc(OCc3ccc(Cl)cc3)c(-c3cccc(C4C=N4)c3)c2O)cc1C(N)=O. The van der Waals surface area contributed by atoms with Crippen LogP contribution in [0.15, 0.2) is 71.7 Å². The summed E-state index contributed by atoms with van der Waals surface area (Å²) in [7, 11) is 1.63. The number of halogens is 1. The van der Waals surface area contributed by atoms with E-state index in [0.717, 1.165) is 16.7 Å². The number of phenols is 1. The van der Waals surface area contributed by atoms with Crippen LogP contribution in [0.1, 0.15) is 27.7 Å². The van der Waals surface area contributed by atoms with E-state index in [-0.39, 0.29) is 17.5 Å². The molecule has 0 radical (unpaired) electrons. The Labute approximate surface area is 201 Å². The van der Waals surface area contributed by atoms with E-state index in [1.165, 1.54) is 4.68 Å². The molecule has 0 spiro atoms. The third-order valence-electron chi connectivity index (χ3n) is 5.67. The van der Waals surface area contributed by atoms with Crippen molar-refractivity contribution in [3.05, 3.63) is 88.6 Å². The predicted molar refractivity (Wildman–Crippen MR) is 131 cm³/mol. The standard InChI is InChI=1S/C26H21ClN4O3/c1-31-22(26(28)33)12-20(30-31)19-9-10-23(34-14-15-5-7-18(27)8-6-15)24(25(19)32)17-4-2-3-16(11-17)21-13-29-21/h2-13,21,32H,14H2,1H3,(H2,28,33). The van der Waals surface area contributed by atoms with Gasteiger partial charge >= 0.3 is 0 Å². The summed E-state index contributed by atoms with van der Waals surface area (Å²) < 4.78 is 7.53. The number of carbonyl (C=O) groups excluding carboxylic acids is 1. The highest BCUT2D eigenvalue weighted by molar-refractivity contribution is 6.30. The van der Waals surface area contributed by atoms with Crippen LogP contribution in [0, 0.1) is 0 Å². The molecular weight excluding hydrogens is 452 g/mol. The minimum absolute atomic E-state index is 0.00316. The van der Waals surface area contributed by atoms with Crippen molar-refractivity contribution < 1.29 is 14.6 Å². The van der Waals surface area contributed by atoms with Crippen molar-refractivity contribution >= 4 is 23.7 Å². The maximum atomic E-state index is 11.7. The molecule has 0 fully saturated rings. The Morgan fingerprint density at radius 1 is 1.15 bits per heavy atom. The first kappa shape index (κ1) is 21.7. The summed E-state index contributed by atoms with van der Waals surface area (Å²) in [6.45, 7) is 0.295. The molecule has 3 N–H and O–H groups in total. The molecule has 7 nitrogen and oxygen atoms in total. The molecule has 4 aromatic rings. The van der Waals surface area contributed by atoms with E-state index in [1.807, 2.05) is 42.6 Å². The molecule has 1 aromatic heterocycles. The third-order valence-corrected chi connectivity index (χ3v) is 5.92. The van der Waals surface area contributed by atoms with Crippen LogP contribution in [-0.4, -0.2) is 27.0 Å². The highest BCUT2D eigenvalue weighted by atomic mass is 35.5. The van der Waals surface area contributed by atoms with Gasteiger partial charge in [0.1, 0.15) is 29.8 Å². The lowest BCUT2D eigenvalue weighted by Crippen LogP contribution is -2.15. The number of hydrogen-bond acceptors (Lipinski definition) is 5. The van der Waals surface area contributed by atoms with Crippen molar-refractivity contribution in [2.45, 2.75) is 12.6 Å². The molecule has 1 unspecified atom stereocenters. The number of amides is 1. The lowest BCUT2D eigenvalue weighted by Gasteiger charge is -2.16. The molecule has 2 heterocycles. The van der Waals surface area contributed by atoms with Gasteiger partial charge in [0.05, 0.1) is 11.3 Å². The van der Waals surface area contributed by atoms with Crippen LogP contribution >= 0.6 is 11.6 Å². The van der Waals surface area contributed by atoms with Crippen molar-refractivity contribution in [3.63, 3.8) is 0 Å². The van der Waals surface area contributed by atoms with E-state index in [1.54, 1.807) is 37.4 Å². The number of phenolic OH excluding ortho intramolecular Hbond substituents is 1. The summed E-state index contributed by atoms with van der Waals surface area (Å²) in [5.41, 5.74) is 9.86. The van der Waals surface area contributed by atoms with Crippen molar-refractivity contribution in [1.82, 2.24) is 9.78 Å². The third kappa shape index (κ3) is 4.25. The monoisotopic (exact) mass is 472 g/mol. The minimum Gasteiger partial charge on any atom is -0.506 e. The van der Waals surface area contributed by atoms with Gasteiger partial charge in [-0.1, -0.05) is 41.9 Å². The van der Waals surface area contributed by atoms with Crippen molar-refractivity contribution in [1.29, 1.82) is 0 Å². The van der Waals surface area contributed by atoms with Gasteiger partial charge in [0.15, 0.2) is 0 Å². The van der Waals surface area contributed by atoms with Gasteiger partial charge < -0.3 is 15.6 Å². The number of primary amides is 1. The smallest absolute Gasteiger partial charge is 0.266 e. The van der Waals surface area contributed by atoms with Crippen molar-refractivity contribution in [2.24, 2.45) is 17.8 Å². The fraction of sp³-hybridized carbons (Fsp3) is 0.115. The quantitative estimate of drug-likeness (QED) is 0.398. The van der Waals surface area contributed by atoms with Crippen LogP contribution in [0.5, 0.6) is 11.5 Å². The number of aliphatic imine (C=N–C) groups is 1. The number of carbonyl (C=O) groups is 1. The number of nitrogens with two attached hydrogens (primary N) is 1. The molecule has 170 valence electrons. The Morgan fingerprint density at radius 3 is 2.59 bits per heavy atom. The maximum Gasteiger partial charge on any atom is 0.266 e. The zero-order valence-electron chi connectivity index (χ0n) is 18.3. The zero-order chi connectivity index (χ0) is 23.8. The lowest BCUT2D eigenvalue weighted by atomic mass is 9.96. The van der Waals surface area contributed by atoms with Crippen LogP contribution in [0.3, 0.4) is 0 Å². The Morgan fingerprint density at radius 2 is 1.91 bits per heavy atom. The molecule has 0 saturated carbocycles. The van der Waals surface area contributed by atoms with Gasteiger partial charge in [-0.15, -0.1) is 0 Å². The maximum absolute atomic E-state index is 11.7. The molecule has 0 saturated heterocycles. The average molecular weight is 473 g/mol. The number of aromatic nitrogens is 2. The van der Waals surface area contributed by atoms with E-state index in [4.69, 9.17) is 22.1 Å². The fourth-order valence-electron chi connectivity index (χ4n) is 3.84. The fourth-order valence-corrected chi connectivity index (χ4v) is 3.97. The Kier molecular flexibility index (Phi) is 5.55. The van der Waals surface area contributed by atoms with Crippen LogP contribution in [-0.2, 0) is 13.7 Å². The van der Waals surface area contributed by atoms with Gasteiger partial charge in [-0.3, -0.25) is 14.5 Å². The summed E-state index contributed by atoms with van der Waals surface area (Å²) in [5, 5.41) is 16.4. The van der Waals surface area contributed by atoms with E-state index >= 15 is 0 Å². The molecule has 1 aliphatic rings. The van der Waals surface area contributed by atoms with Crippen molar-refractivity contribution in [2.75, 3.05) is 0 Å². The number of ether oxygens (including phenoxy) is 1. The Balaban J connectivity index is 1.59. The van der Waals surface area contributed by atoms with E-state index < -0.39 is 5.91 Å². The Hall–Kier alpha value is -4.10. The summed E-state index contributed by atoms with van der Waals surface area (Å²) in [5.74, 6) is -0.0891. The normalized spacial score (nSPS) is 14.2. The largest absolute Gasteiger partial charge is 0.506 e. The van der Waals surface area contributed by atoms with E-state index in [0.29, 0.717) is 34.2 Å². The molecule has 0 bridgehead atoms. The van der Waals surface area contributed by atoms with Gasteiger partial charge in [0.25, 0.3) is 5.91 Å². The second-order valence-electron chi connectivity index (χ2n) is 8.02. The summed E-state index contributed by atoms with van der Waals surface area (Å²) in [6.07, 6.45) is 1.87. The van der Waals surface area contributed by atoms with Crippen LogP contribution in [0.4, 0.5) is 0 Å². The van der Waals surface area contributed by atoms with Gasteiger partial charge in [-0.05, 0) is 53.1 Å². The molecule has 5 rings (SSSR count). The van der Waals surface area contributed by atoms with Crippen LogP contribution in [0.25, 0.3) is 22.4 Å². The van der Waals surface area contributed by atoms with E-state index in [9.17, 15) is 9.90 Å². The first-order valence-electron chi connectivity index (χ1n) is 10.6. The predicted octanol–water partition coefficient (Wildman–Crippen LogP) is 4.92. The number of hydrogen-bond donors (Lipinski definition) is 2. The number of rotatable bonds is 7. The number of aromatic hydroxyl groups is 1. The number of benzene rings is 3. The first-order valence-corrected chi connectivity index (χ1v) is 11.0. The lowest BCUT2D eigenvalue weighted by molar-refractivity contribution is 0.0991. The summed E-state index contributed by atoms with van der Waals surface area (Å²) >= 11 is 5.99. The Bertz CT molecular complexity index is 1420. The van der Waals surface area contributed by atoms with Gasteiger partial charge in [0, 0.05) is 23.8 Å². The highest BCUT2D eigenvalue weighted by Crippen LogP contribution is 2.45. The van der Waals surface area contributed by atoms with Crippen molar-refractivity contribution in [3.8, 4) is 33.9 Å². The minimum atomic E-state index is -0.596. The van der Waals surface area contributed by atoms with E-state index in [2.05, 4.69) is 10.1 Å². The number of nitrogens with zero attached hydrogens (tertiary/aromatic N) is 3. The molecule has 1 atom stereocenters. The number of aryl methyl sites for hydroxylation is 1. The first-order chi connectivity index (χ1) is 16.4. The summed E-state index contributed by atoms with van der Waals surface area (Å²) in [6, 6.07) is 20.3. The molecule has 3 aromatic carbocycles.